The Bertz CT molecular complexity index is 2760. The normalized spacial score (nSPS) is 12.6. The van der Waals surface area contributed by atoms with E-state index in [4.69, 9.17) is 4.42 Å². The van der Waals surface area contributed by atoms with Crippen LogP contribution in [0.5, 0.6) is 0 Å². The molecule has 5 heterocycles. The number of hydrogen-bond donors (Lipinski definition) is 0. The van der Waals surface area contributed by atoms with Crippen molar-refractivity contribution in [1.82, 2.24) is 14.8 Å². The van der Waals surface area contributed by atoms with Crippen molar-refractivity contribution in [2.24, 2.45) is 0 Å². The van der Waals surface area contributed by atoms with Gasteiger partial charge in [0.25, 0.3) is 0 Å². The van der Waals surface area contributed by atoms with Gasteiger partial charge in [0.15, 0.2) is 0 Å². The van der Waals surface area contributed by atoms with E-state index < -0.39 is 0 Å². The van der Waals surface area contributed by atoms with Crippen molar-refractivity contribution in [3.8, 4) is 22.9 Å². The van der Waals surface area contributed by atoms with E-state index in [0.29, 0.717) is 11.8 Å². The summed E-state index contributed by atoms with van der Waals surface area (Å²) in [6.45, 7) is 9.81. The minimum absolute atomic E-state index is 0.100. The van der Waals surface area contributed by atoms with Gasteiger partial charge in [-0.05, 0) is 95.8 Å². The number of rotatable bonds is 7. The van der Waals surface area contributed by atoms with Gasteiger partial charge in [0.1, 0.15) is 0 Å². The molecule has 0 fully saturated rings. The molecular weight excluding hydrogens is 683 g/mol. The second kappa shape index (κ2) is 12.6. The maximum absolute atomic E-state index is 6.04. The van der Waals surface area contributed by atoms with Crippen LogP contribution in [0, 0.1) is 0 Å². The maximum Gasteiger partial charge on any atom is 0.248 e. The van der Waals surface area contributed by atoms with E-state index in [1.54, 1.807) is 0 Å². The molecular formula is C44H35N3OS3. The van der Waals surface area contributed by atoms with E-state index in [1.807, 2.05) is 46.1 Å². The molecule has 0 atom stereocenters. The third-order valence-electron chi connectivity index (χ3n) is 9.43. The van der Waals surface area contributed by atoms with Crippen LogP contribution in [-0.4, -0.2) is 14.8 Å². The fourth-order valence-corrected chi connectivity index (χ4v) is 10.6. The fraction of sp³-hybridized carbons (Fsp3) is 0.136. The first-order chi connectivity index (χ1) is 24.8. The zero-order valence-electron chi connectivity index (χ0n) is 28.8. The van der Waals surface area contributed by atoms with Crippen molar-refractivity contribution < 1.29 is 4.42 Å². The molecule has 51 heavy (non-hydrogen) atoms. The predicted octanol–water partition coefficient (Wildman–Crippen LogP) is 13.7. The summed E-state index contributed by atoms with van der Waals surface area (Å²) >= 11 is 5.63. The first-order valence-electron chi connectivity index (χ1n) is 17.2. The number of nitrogens with zero attached hydrogens (tertiary/aromatic N) is 3. The van der Waals surface area contributed by atoms with Crippen LogP contribution >= 0.6 is 34.0 Å². The van der Waals surface area contributed by atoms with Crippen molar-refractivity contribution in [2.75, 3.05) is 0 Å². The van der Waals surface area contributed by atoms with Gasteiger partial charge in [-0.25, -0.2) is 0 Å². The lowest BCUT2D eigenvalue weighted by Gasteiger charge is -2.18. The summed E-state index contributed by atoms with van der Waals surface area (Å²) in [5.74, 6) is 1.05. The van der Waals surface area contributed by atoms with E-state index in [2.05, 4.69) is 158 Å². The molecule has 4 aromatic carbocycles. The molecule has 0 saturated carbocycles. The molecule has 5 aromatic heterocycles. The van der Waals surface area contributed by atoms with Gasteiger partial charge in [-0.15, -0.1) is 44.2 Å². The largest absolute Gasteiger partial charge is 0.416 e. The van der Waals surface area contributed by atoms with Gasteiger partial charge >= 0.3 is 0 Å². The highest BCUT2D eigenvalue weighted by Gasteiger charge is 2.16. The molecule has 0 radical (unpaired) electrons. The van der Waals surface area contributed by atoms with Crippen LogP contribution in [0.3, 0.4) is 0 Å². The minimum atomic E-state index is 0.100. The zero-order valence-corrected chi connectivity index (χ0v) is 31.3. The summed E-state index contributed by atoms with van der Waals surface area (Å²) in [7, 11) is 0. The molecule has 0 bridgehead atoms. The Balaban J connectivity index is 0.900. The van der Waals surface area contributed by atoms with E-state index in [0.717, 1.165) is 23.2 Å². The summed E-state index contributed by atoms with van der Waals surface area (Å²) in [5.41, 5.74) is 8.15. The highest BCUT2D eigenvalue weighted by atomic mass is 32.1. The van der Waals surface area contributed by atoms with Gasteiger partial charge < -0.3 is 8.98 Å². The molecule has 0 spiro atoms. The molecule has 0 aliphatic carbocycles. The summed E-state index contributed by atoms with van der Waals surface area (Å²) < 4.78 is 13.9. The number of para-hydroxylation sites is 1. The fourth-order valence-electron chi connectivity index (χ4n) is 6.71. The predicted molar refractivity (Wildman–Crippen MR) is 222 cm³/mol. The summed E-state index contributed by atoms with van der Waals surface area (Å²) in [5, 5.41) is 11.3. The minimum Gasteiger partial charge on any atom is -0.416 e. The molecule has 0 saturated heterocycles. The van der Waals surface area contributed by atoms with Crippen molar-refractivity contribution >= 4 is 98.9 Å². The number of aryl methyl sites for hydroxylation is 1. The van der Waals surface area contributed by atoms with E-state index in [9.17, 15) is 0 Å². The average Bonchev–Trinajstić information content (AvgIpc) is 3.97. The lowest BCUT2D eigenvalue weighted by molar-refractivity contribution is 0.582. The Kier molecular flexibility index (Phi) is 7.88. The zero-order chi connectivity index (χ0) is 34.7. The van der Waals surface area contributed by atoms with Gasteiger partial charge in [-0.3, -0.25) is 0 Å². The van der Waals surface area contributed by atoms with Crippen LogP contribution in [0.2, 0.25) is 0 Å². The molecule has 4 nitrogen and oxygen atoms in total. The Morgan fingerprint density at radius 3 is 1.80 bits per heavy atom. The molecule has 7 heteroatoms. The standard InChI is InChI=1S/C44H35N3OS3/c1-5-47-36-9-7-6-8-34(36)35-24-28(14-23-37(35)47)13-22-33-26-39-41(50-33)40-38(51-39)25-32(49-40)21-12-27-10-15-29(16-11-27)42-45-46-43(48-42)30-17-19-31(20-18-30)44(2,3)4/h6-26H,5H2,1-4H3. The van der Waals surface area contributed by atoms with Gasteiger partial charge in [0.2, 0.25) is 11.8 Å². The molecule has 9 rings (SSSR count). The molecule has 0 aliphatic heterocycles. The second-order valence-corrected chi connectivity index (χ2v) is 17.1. The van der Waals surface area contributed by atoms with Gasteiger partial charge in [0, 0.05) is 58.6 Å². The Morgan fingerprint density at radius 1 is 0.608 bits per heavy atom. The van der Waals surface area contributed by atoms with E-state index >= 15 is 0 Å². The van der Waals surface area contributed by atoms with Crippen molar-refractivity contribution in [3.05, 3.63) is 130 Å². The molecule has 0 amide bonds. The molecule has 0 N–H and O–H groups in total. The second-order valence-electron chi connectivity index (χ2n) is 13.9. The van der Waals surface area contributed by atoms with Crippen molar-refractivity contribution in [1.29, 1.82) is 0 Å². The number of fused-ring (bicyclic) bond motifs is 6. The molecule has 9 aromatic rings. The van der Waals surface area contributed by atoms with Crippen molar-refractivity contribution in [3.63, 3.8) is 0 Å². The van der Waals surface area contributed by atoms with Crippen LogP contribution < -0.4 is 0 Å². The smallest absolute Gasteiger partial charge is 0.248 e. The van der Waals surface area contributed by atoms with Gasteiger partial charge in [0.05, 0.1) is 9.40 Å². The lowest BCUT2D eigenvalue weighted by Crippen LogP contribution is -2.10. The highest BCUT2D eigenvalue weighted by molar-refractivity contribution is 7.38. The molecule has 250 valence electrons. The number of thiophene rings is 3. The summed E-state index contributed by atoms with van der Waals surface area (Å²) in [4.78, 5) is 2.54. The number of hydrogen-bond acceptors (Lipinski definition) is 6. The number of benzene rings is 4. The third kappa shape index (κ3) is 5.95. The monoisotopic (exact) mass is 717 g/mol. The van der Waals surface area contributed by atoms with Crippen LogP contribution in [0.4, 0.5) is 0 Å². The Hall–Kier alpha value is -5.08. The molecule has 0 unspecified atom stereocenters. The Labute approximate surface area is 308 Å². The van der Waals surface area contributed by atoms with Crippen LogP contribution in [0.1, 0.15) is 54.1 Å². The lowest BCUT2D eigenvalue weighted by atomic mass is 9.87. The van der Waals surface area contributed by atoms with E-state index in [1.165, 1.54) is 61.5 Å². The first-order valence-corrected chi connectivity index (χ1v) is 19.6. The van der Waals surface area contributed by atoms with Crippen LogP contribution in [0.25, 0.3) is 87.8 Å². The van der Waals surface area contributed by atoms with Gasteiger partial charge in [-0.1, -0.05) is 81.5 Å². The van der Waals surface area contributed by atoms with Gasteiger partial charge in [-0.2, -0.15) is 0 Å². The van der Waals surface area contributed by atoms with Crippen LogP contribution in [-0.2, 0) is 12.0 Å². The first kappa shape index (κ1) is 31.9. The number of aromatic nitrogens is 3. The van der Waals surface area contributed by atoms with E-state index in [-0.39, 0.29) is 5.41 Å². The summed E-state index contributed by atoms with van der Waals surface area (Å²) in [6, 6.07) is 36.8. The topological polar surface area (TPSA) is 43.9 Å². The quantitative estimate of drug-likeness (QED) is 0.165. The van der Waals surface area contributed by atoms with Crippen LogP contribution in [0.15, 0.2) is 108 Å². The SMILES string of the molecule is CCn1c2ccccc2c2cc(C=Cc3cc4sc5cc(C=Cc6ccc(-c7nnc(-c8ccc(C(C)(C)C)cc8)o7)cc6)sc5c4s3)ccc21. The average molecular weight is 718 g/mol. The maximum atomic E-state index is 6.04. The third-order valence-corrected chi connectivity index (χ3v) is 13.1. The van der Waals surface area contributed by atoms with Crippen molar-refractivity contribution in [2.45, 2.75) is 39.7 Å². The molecule has 0 aliphatic rings. The Morgan fingerprint density at radius 2 is 1.18 bits per heavy atom. The highest BCUT2D eigenvalue weighted by Crippen LogP contribution is 2.44. The summed E-state index contributed by atoms with van der Waals surface area (Å²) in [6.07, 6.45) is 8.90.